The van der Waals surface area contributed by atoms with E-state index in [1.807, 2.05) is 0 Å². The van der Waals surface area contributed by atoms with Crippen molar-refractivity contribution in [2.75, 3.05) is 6.26 Å². The molecule has 12 heavy (non-hydrogen) atoms. The van der Waals surface area contributed by atoms with Crippen molar-refractivity contribution >= 4 is 9.84 Å². The summed E-state index contributed by atoms with van der Waals surface area (Å²) in [6.45, 7) is 0. The van der Waals surface area contributed by atoms with Crippen LogP contribution in [0.15, 0.2) is 29.2 Å². The van der Waals surface area contributed by atoms with Crippen LogP contribution in [0, 0.1) is 0 Å². The van der Waals surface area contributed by atoms with E-state index in [0.717, 1.165) is 6.26 Å². The average Bonchev–Trinajstić information content (AvgIpc) is 1.86. The Morgan fingerprint density at radius 1 is 1.17 bits per heavy atom. The predicted molar refractivity (Wildman–Crippen MR) is 39.0 cm³/mol. The van der Waals surface area contributed by atoms with Gasteiger partial charge in [0, 0.05) is 6.26 Å². The molecule has 3 nitrogen and oxygen atoms in total. The van der Waals surface area contributed by atoms with Crippen LogP contribution in [-0.2, 0) is 9.84 Å². The first kappa shape index (κ1) is 12.0. The number of hydrogen-bond donors (Lipinski definition) is 0. The smallest absolute Gasteiger partial charge is 0.872 e. The first-order valence-electron chi connectivity index (χ1n) is 2.97. The van der Waals surface area contributed by atoms with E-state index >= 15 is 0 Å². The molecule has 0 bridgehead atoms. The third kappa shape index (κ3) is 3.15. The second-order valence-electron chi connectivity index (χ2n) is 2.24. The molecule has 0 spiro atoms. The van der Waals surface area contributed by atoms with Gasteiger partial charge >= 0.3 is 29.6 Å². The van der Waals surface area contributed by atoms with Crippen LogP contribution in [0.2, 0.25) is 0 Å². The Balaban J connectivity index is 0.00000121. The van der Waals surface area contributed by atoms with Gasteiger partial charge in [0.2, 0.25) is 0 Å². The van der Waals surface area contributed by atoms with E-state index in [0.29, 0.717) is 0 Å². The Bertz CT molecular complexity index is 341. The van der Waals surface area contributed by atoms with Gasteiger partial charge in [-0.15, -0.1) is 5.75 Å². The van der Waals surface area contributed by atoms with Gasteiger partial charge in [0.1, 0.15) is 0 Å². The summed E-state index contributed by atoms with van der Waals surface area (Å²) < 4.78 is 21.7. The fourth-order valence-electron chi connectivity index (χ4n) is 0.687. The molecule has 0 heterocycles. The zero-order valence-corrected chi connectivity index (χ0v) is 9.76. The minimum absolute atomic E-state index is 0. The molecule has 0 aliphatic rings. The quantitative estimate of drug-likeness (QED) is 0.453. The topological polar surface area (TPSA) is 57.2 Å². The number of benzene rings is 1. The Labute approximate surface area is 93.6 Å². The Morgan fingerprint density at radius 2 is 1.58 bits per heavy atom. The monoisotopic (exact) mass is 194 g/mol. The van der Waals surface area contributed by atoms with E-state index in [2.05, 4.69) is 0 Å². The Kier molecular flexibility index (Phi) is 4.26. The summed E-state index contributed by atoms with van der Waals surface area (Å²) in [6.07, 6.45) is 1.10. The summed E-state index contributed by atoms with van der Waals surface area (Å²) in [5.41, 5.74) is 0. The molecular weight excluding hydrogens is 187 g/mol. The van der Waals surface area contributed by atoms with Crippen molar-refractivity contribution in [3.05, 3.63) is 24.3 Å². The zero-order chi connectivity index (χ0) is 8.48. The largest absolute Gasteiger partial charge is 1.00 e. The fourth-order valence-corrected chi connectivity index (χ4v) is 1.32. The van der Waals surface area contributed by atoms with Crippen molar-refractivity contribution in [3.8, 4) is 5.75 Å². The molecule has 5 heteroatoms. The average molecular weight is 194 g/mol. The molecule has 60 valence electrons. The van der Waals surface area contributed by atoms with E-state index < -0.39 is 9.84 Å². The van der Waals surface area contributed by atoms with Gasteiger partial charge in [0.25, 0.3) is 0 Å². The van der Waals surface area contributed by atoms with Crippen molar-refractivity contribution in [1.29, 1.82) is 0 Å². The van der Waals surface area contributed by atoms with Crippen LogP contribution in [0.1, 0.15) is 0 Å². The van der Waals surface area contributed by atoms with Gasteiger partial charge in [-0.1, -0.05) is 12.1 Å². The minimum atomic E-state index is -3.16. The van der Waals surface area contributed by atoms with Crippen molar-refractivity contribution in [1.82, 2.24) is 0 Å². The zero-order valence-electron chi connectivity index (χ0n) is 6.94. The number of rotatable bonds is 1. The van der Waals surface area contributed by atoms with Crippen molar-refractivity contribution < 1.29 is 43.1 Å². The molecule has 0 saturated carbocycles. The van der Waals surface area contributed by atoms with E-state index in [1.54, 1.807) is 0 Å². The summed E-state index contributed by atoms with van der Waals surface area (Å²) >= 11 is 0. The summed E-state index contributed by atoms with van der Waals surface area (Å²) in [5, 5.41) is 10.6. The number of sulfone groups is 1. The Morgan fingerprint density at radius 3 is 1.92 bits per heavy atom. The number of hydrogen-bond acceptors (Lipinski definition) is 3. The summed E-state index contributed by atoms with van der Waals surface area (Å²) in [7, 11) is -3.16. The van der Waals surface area contributed by atoms with Crippen molar-refractivity contribution in [2.45, 2.75) is 4.90 Å². The molecule has 0 unspecified atom stereocenters. The third-order valence-electron chi connectivity index (χ3n) is 1.25. The molecule has 0 aliphatic carbocycles. The molecule has 0 amide bonds. The van der Waals surface area contributed by atoms with Gasteiger partial charge < -0.3 is 5.11 Å². The maximum absolute atomic E-state index is 10.8. The molecule has 1 aromatic rings. The molecule has 0 aliphatic heterocycles. The normalized spacial score (nSPS) is 10.4. The minimum Gasteiger partial charge on any atom is -0.872 e. The van der Waals surface area contributed by atoms with Gasteiger partial charge in [0.05, 0.1) is 4.90 Å². The summed E-state index contributed by atoms with van der Waals surface area (Å²) in [4.78, 5) is 0.178. The Hall–Kier alpha value is -0.0300. The van der Waals surface area contributed by atoms with E-state index in [9.17, 15) is 13.5 Å². The van der Waals surface area contributed by atoms with Crippen LogP contribution < -0.4 is 34.7 Å². The second kappa shape index (κ2) is 4.28. The third-order valence-corrected chi connectivity index (χ3v) is 2.38. The predicted octanol–water partition coefficient (Wildman–Crippen LogP) is -2.83. The van der Waals surface area contributed by atoms with Gasteiger partial charge in [-0.3, -0.25) is 0 Å². The van der Waals surface area contributed by atoms with E-state index in [1.165, 1.54) is 24.3 Å². The van der Waals surface area contributed by atoms with Crippen molar-refractivity contribution in [2.24, 2.45) is 0 Å². The van der Waals surface area contributed by atoms with Crippen LogP contribution in [0.25, 0.3) is 0 Å². The molecular formula is C7H7NaO3S. The van der Waals surface area contributed by atoms with Crippen molar-refractivity contribution in [3.63, 3.8) is 0 Å². The maximum atomic E-state index is 10.8. The molecule has 0 N–H and O–H groups in total. The molecule has 0 atom stereocenters. The van der Waals surface area contributed by atoms with E-state index in [4.69, 9.17) is 0 Å². The molecule has 0 aromatic heterocycles. The van der Waals surface area contributed by atoms with Crippen LogP contribution in [0.3, 0.4) is 0 Å². The van der Waals surface area contributed by atoms with Gasteiger partial charge in [-0.2, -0.15) is 0 Å². The van der Waals surface area contributed by atoms with Crippen LogP contribution in [0.4, 0.5) is 0 Å². The first-order chi connectivity index (χ1) is 5.00. The SMILES string of the molecule is CS(=O)(=O)c1ccc([O-])cc1.[Na+]. The summed E-state index contributed by atoms with van der Waals surface area (Å²) in [5.74, 6) is -0.183. The fraction of sp³-hybridized carbons (Fsp3) is 0.143. The molecule has 0 radical (unpaired) electrons. The van der Waals surface area contributed by atoms with Crippen LogP contribution in [-0.4, -0.2) is 14.7 Å². The first-order valence-corrected chi connectivity index (χ1v) is 4.86. The van der Waals surface area contributed by atoms with Gasteiger partial charge in [-0.05, 0) is 12.1 Å². The molecule has 0 saturated heterocycles. The second-order valence-corrected chi connectivity index (χ2v) is 4.26. The summed E-state index contributed by atoms with van der Waals surface area (Å²) in [6, 6.07) is 5.07. The molecule has 0 fully saturated rings. The molecule has 1 aromatic carbocycles. The van der Waals surface area contributed by atoms with Gasteiger partial charge in [-0.25, -0.2) is 8.42 Å². The van der Waals surface area contributed by atoms with E-state index in [-0.39, 0.29) is 40.2 Å². The molecule has 1 rings (SSSR count). The standard InChI is InChI=1S/C7H8O3S.Na/c1-11(9,10)7-4-2-6(8)3-5-7;/h2-5,8H,1H3;/q;+1/p-1. The van der Waals surface area contributed by atoms with Crippen LogP contribution in [0.5, 0.6) is 5.75 Å². The van der Waals surface area contributed by atoms with Crippen LogP contribution >= 0.6 is 0 Å². The maximum Gasteiger partial charge on any atom is 1.00 e. The van der Waals surface area contributed by atoms with Gasteiger partial charge in [0.15, 0.2) is 9.84 Å².